The van der Waals surface area contributed by atoms with E-state index in [0.717, 1.165) is 34.7 Å². The molecule has 5 heteroatoms. The lowest BCUT2D eigenvalue weighted by atomic mass is 10.1. The van der Waals surface area contributed by atoms with Crippen LogP contribution in [0.15, 0.2) is 10.7 Å². The average Bonchev–Trinajstić information content (AvgIpc) is 2.75. The molecule has 0 radical (unpaired) electrons. The normalized spacial score (nSPS) is 10.9. The summed E-state index contributed by atoms with van der Waals surface area (Å²) < 4.78 is 5.12. The number of aryl methyl sites for hydroxylation is 2. The molecule has 0 aliphatic heterocycles. The zero-order valence-corrected chi connectivity index (χ0v) is 8.87. The van der Waals surface area contributed by atoms with E-state index < -0.39 is 0 Å². The zero-order valence-electron chi connectivity index (χ0n) is 8.87. The summed E-state index contributed by atoms with van der Waals surface area (Å²) in [5.74, 6) is 0.801. The Hall–Kier alpha value is -1.62. The Morgan fingerprint density at radius 3 is 2.87 bits per heavy atom. The Labute approximate surface area is 87.7 Å². The Morgan fingerprint density at radius 2 is 2.27 bits per heavy atom. The predicted octanol–water partition coefficient (Wildman–Crippen LogP) is 1.18. The quantitative estimate of drug-likeness (QED) is 0.790. The summed E-state index contributed by atoms with van der Waals surface area (Å²) in [5, 5.41) is 10.9. The first-order valence-electron chi connectivity index (χ1n) is 4.89. The van der Waals surface area contributed by atoms with Crippen molar-refractivity contribution >= 4 is 0 Å². The number of nitrogens with one attached hydrogen (secondary N) is 1. The van der Waals surface area contributed by atoms with E-state index in [9.17, 15) is 0 Å². The monoisotopic (exact) mass is 206 g/mol. The van der Waals surface area contributed by atoms with E-state index >= 15 is 0 Å². The number of hydrogen-bond acceptors (Lipinski definition) is 4. The minimum Gasteiger partial charge on any atom is -0.361 e. The lowest BCUT2D eigenvalue weighted by molar-refractivity contribution is 0.393. The zero-order chi connectivity index (χ0) is 10.8. The van der Waals surface area contributed by atoms with Crippen molar-refractivity contribution in [2.45, 2.75) is 20.3 Å². The van der Waals surface area contributed by atoms with Crippen LogP contribution in [0.1, 0.15) is 17.0 Å². The van der Waals surface area contributed by atoms with Gasteiger partial charge in [0, 0.05) is 0 Å². The molecule has 0 aliphatic rings. The van der Waals surface area contributed by atoms with E-state index in [-0.39, 0.29) is 0 Å². The van der Waals surface area contributed by atoms with Gasteiger partial charge in [0.05, 0.1) is 23.1 Å². The van der Waals surface area contributed by atoms with E-state index in [2.05, 4.69) is 15.4 Å². The van der Waals surface area contributed by atoms with Gasteiger partial charge in [-0.25, -0.2) is 0 Å². The van der Waals surface area contributed by atoms with Crippen molar-refractivity contribution in [2.75, 3.05) is 6.54 Å². The summed E-state index contributed by atoms with van der Waals surface area (Å²) in [6.45, 7) is 4.41. The van der Waals surface area contributed by atoms with Crippen LogP contribution < -0.4 is 5.73 Å². The van der Waals surface area contributed by atoms with E-state index in [1.54, 1.807) is 6.20 Å². The van der Waals surface area contributed by atoms with Crippen LogP contribution >= 0.6 is 0 Å². The van der Waals surface area contributed by atoms with Crippen LogP contribution in [0.3, 0.4) is 0 Å². The molecular formula is C10H14N4O. The molecule has 2 aromatic heterocycles. The van der Waals surface area contributed by atoms with Gasteiger partial charge in [-0.05, 0) is 32.4 Å². The van der Waals surface area contributed by atoms with E-state index in [1.165, 1.54) is 0 Å². The first kappa shape index (κ1) is 9.92. The maximum Gasteiger partial charge on any atom is 0.143 e. The fourth-order valence-electron chi connectivity index (χ4n) is 1.71. The van der Waals surface area contributed by atoms with Crippen LogP contribution in [0.5, 0.6) is 0 Å². The third-order valence-electron chi connectivity index (χ3n) is 2.41. The molecule has 0 amide bonds. The fraction of sp³-hybridized carbons (Fsp3) is 0.400. The molecule has 0 unspecified atom stereocenters. The number of hydrogen-bond donors (Lipinski definition) is 2. The van der Waals surface area contributed by atoms with E-state index in [1.807, 2.05) is 13.8 Å². The molecule has 0 saturated carbocycles. The molecule has 15 heavy (non-hydrogen) atoms. The topological polar surface area (TPSA) is 80.7 Å². The third-order valence-corrected chi connectivity index (χ3v) is 2.41. The average molecular weight is 206 g/mol. The standard InChI is InChI=1S/C10H14N4O/c1-6-9(7(2)15-14-6)10-8(3-4-11)5-12-13-10/h5H,3-4,11H2,1-2H3,(H,12,13). The molecule has 0 saturated heterocycles. The van der Waals surface area contributed by atoms with Crippen molar-refractivity contribution in [1.82, 2.24) is 15.4 Å². The minimum atomic E-state index is 0.607. The highest BCUT2D eigenvalue weighted by Gasteiger charge is 2.16. The summed E-state index contributed by atoms with van der Waals surface area (Å²) in [7, 11) is 0. The molecule has 0 bridgehead atoms. The molecule has 3 N–H and O–H groups in total. The van der Waals surface area contributed by atoms with Gasteiger partial charge < -0.3 is 10.3 Å². The fourth-order valence-corrected chi connectivity index (χ4v) is 1.71. The van der Waals surface area contributed by atoms with Gasteiger partial charge in [-0.3, -0.25) is 5.10 Å². The smallest absolute Gasteiger partial charge is 0.143 e. The predicted molar refractivity (Wildman–Crippen MR) is 56.3 cm³/mol. The van der Waals surface area contributed by atoms with E-state index in [0.29, 0.717) is 6.54 Å². The number of aromatic amines is 1. The largest absolute Gasteiger partial charge is 0.361 e. The van der Waals surface area contributed by atoms with Gasteiger partial charge in [0.2, 0.25) is 0 Å². The van der Waals surface area contributed by atoms with Gasteiger partial charge >= 0.3 is 0 Å². The molecule has 80 valence electrons. The Kier molecular flexibility index (Phi) is 2.55. The highest BCUT2D eigenvalue weighted by Crippen LogP contribution is 2.27. The van der Waals surface area contributed by atoms with Crippen molar-refractivity contribution in [1.29, 1.82) is 0 Å². The highest BCUT2D eigenvalue weighted by atomic mass is 16.5. The van der Waals surface area contributed by atoms with Gasteiger partial charge in [-0.1, -0.05) is 5.16 Å². The van der Waals surface area contributed by atoms with Crippen LogP contribution in [-0.4, -0.2) is 21.9 Å². The number of nitrogens with two attached hydrogens (primary N) is 1. The molecule has 5 nitrogen and oxygen atoms in total. The van der Waals surface area contributed by atoms with Gasteiger partial charge in [-0.2, -0.15) is 5.10 Å². The Bertz CT molecular complexity index is 438. The van der Waals surface area contributed by atoms with Crippen molar-refractivity contribution in [3.05, 3.63) is 23.2 Å². The van der Waals surface area contributed by atoms with Crippen LogP contribution in [0.4, 0.5) is 0 Å². The van der Waals surface area contributed by atoms with Crippen molar-refractivity contribution in [3.63, 3.8) is 0 Å². The van der Waals surface area contributed by atoms with Gasteiger partial charge in [0.15, 0.2) is 0 Å². The maximum absolute atomic E-state index is 5.54. The summed E-state index contributed by atoms with van der Waals surface area (Å²) >= 11 is 0. The van der Waals surface area contributed by atoms with Crippen LogP contribution in [0.25, 0.3) is 11.3 Å². The molecule has 0 fully saturated rings. The molecule has 0 aliphatic carbocycles. The Balaban J connectivity index is 2.49. The second-order valence-electron chi connectivity index (χ2n) is 3.51. The lowest BCUT2D eigenvalue weighted by Crippen LogP contribution is -2.03. The van der Waals surface area contributed by atoms with Crippen LogP contribution in [0.2, 0.25) is 0 Å². The molecule has 2 rings (SSSR count). The lowest BCUT2D eigenvalue weighted by Gasteiger charge is -2.00. The molecule has 0 atom stereocenters. The molecule has 0 aromatic carbocycles. The summed E-state index contributed by atoms with van der Waals surface area (Å²) in [6, 6.07) is 0. The number of rotatable bonds is 3. The van der Waals surface area contributed by atoms with Gasteiger partial charge in [0.1, 0.15) is 5.76 Å². The Morgan fingerprint density at radius 1 is 1.47 bits per heavy atom. The van der Waals surface area contributed by atoms with E-state index in [4.69, 9.17) is 10.3 Å². The van der Waals surface area contributed by atoms with Gasteiger partial charge in [-0.15, -0.1) is 0 Å². The van der Waals surface area contributed by atoms with Crippen LogP contribution in [-0.2, 0) is 6.42 Å². The molecule has 2 heterocycles. The molecule has 2 aromatic rings. The summed E-state index contributed by atoms with van der Waals surface area (Å²) in [6.07, 6.45) is 2.60. The summed E-state index contributed by atoms with van der Waals surface area (Å²) in [5.41, 5.74) is 9.48. The third kappa shape index (κ3) is 1.66. The van der Waals surface area contributed by atoms with Crippen molar-refractivity contribution in [2.24, 2.45) is 5.73 Å². The SMILES string of the molecule is Cc1noc(C)c1-c1[nH]ncc1CCN. The maximum atomic E-state index is 5.54. The number of H-pyrrole nitrogens is 1. The summed E-state index contributed by atoms with van der Waals surface area (Å²) in [4.78, 5) is 0. The van der Waals surface area contributed by atoms with Crippen LogP contribution in [0, 0.1) is 13.8 Å². The first-order chi connectivity index (χ1) is 7.24. The van der Waals surface area contributed by atoms with Gasteiger partial charge in [0.25, 0.3) is 0 Å². The second-order valence-corrected chi connectivity index (χ2v) is 3.51. The number of aromatic nitrogens is 3. The number of nitrogens with zero attached hydrogens (tertiary/aromatic N) is 2. The van der Waals surface area contributed by atoms with Crippen molar-refractivity contribution in [3.8, 4) is 11.3 Å². The minimum absolute atomic E-state index is 0.607. The van der Waals surface area contributed by atoms with Crippen molar-refractivity contribution < 1.29 is 4.52 Å². The second kappa shape index (κ2) is 3.86. The molecule has 0 spiro atoms. The molecular weight excluding hydrogens is 192 g/mol. The highest BCUT2D eigenvalue weighted by molar-refractivity contribution is 5.66. The first-order valence-corrected chi connectivity index (χ1v) is 4.89.